The average Bonchev–Trinajstić information content (AvgIpc) is 3.55. The highest BCUT2D eigenvalue weighted by Crippen LogP contribution is 2.46. The molecule has 7 heteroatoms. The highest BCUT2D eigenvalue weighted by atomic mass is 32.2. The van der Waals surface area contributed by atoms with E-state index in [4.69, 9.17) is 4.42 Å². The third-order valence-corrected chi connectivity index (χ3v) is 5.91. The molecule has 2 saturated carbocycles. The van der Waals surface area contributed by atoms with Gasteiger partial charge in [-0.3, -0.25) is 4.57 Å². The van der Waals surface area contributed by atoms with Crippen molar-refractivity contribution >= 4 is 22.9 Å². The van der Waals surface area contributed by atoms with E-state index < -0.39 is 0 Å². The van der Waals surface area contributed by atoms with Crippen LogP contribution in [0.15, 0.2) is 38.6 Å². The first-order valence-electron chi connectivity index (χ1n) is 8.97. The summed E-state index contributed by atoms with van der Waals surface area (Å²) >= 11 is 1.76. The molecule has 25 heavy (non-hydrogen) atoms. The van der Waals surface area contributed by atoms with Crippen LogP contribution >= 0.6 is 11.8 Å². The van der Waals surface area contributed by atoms with Gasteiger partial charge in [-0.15, -0.1) is 10.2 Å². The van der Waals surface area contributed by atoms with Crippen LogP contribution in [-0.4, -0.2) is 25.1 Å². The van der Waals surface area contributed by atoms with Gasteiger partial charge in [0.25, 0.3) is 0 Å². The van der Waals surface area contributed by atoms with Gasteiger partial charge >= 0.3 is 5.76 Å². The summed E-state index contributed by atoms with van der Waals surface area (Å²) in [6.07, 6.45) is 5.91. The molecule has 2 aliphatic carbocycles. The summed E-state index contributed by atoms with van der Waals surface area (Å²) in [4.78, 5) is 12.0. The van der Waals surface area contributed by atoms with Crippen molar-refractivity contribution in [3.63, 3.8) is 0 Å². The maximum Gasteiger partial charge on any atom is 0.419 e. The lowest BCUT2D eigenvalue weighted by Gasteiger charge is -2.08. The second-order valence-corrected chi connectivity index (χ2v) is 7.97. The van der Waals surface area contributed by atoms with Crippen molar-refractivity contribution in [3.05, 3.63) is 40.6 Å². The summed E-state index contributed by atoms with van der Waals surface area (Å²) in [7, 11) is 0. The zero-order chi connectivity index (χ0) is 16.8. The Kier molecular flexibility index (Phi) is 3.69. The molecule has 0 spiro atoms. The van der Waals surface area contributed by atoms with Crippen molar-refractivity contribution in [2.45, 2.75) is 55.8 Å². The first-order valence-corrected chi connectivity index (χ1v) is 9.96. The van der Waals surface area contributed by atoms with Gasteiger partial charge in [-0.2, -0.15) is 0 Å². The number of thioether (sulfide) groups is 1. The number of nitrogens with zero attached hydrogens (tertiary/aromatic N) is 4. The Labute approximate surface area is 149 Å². The zero-order valence-corrected chi connectivity index (χ0v) is 14.7. The molecule has 0 radical (unpaired) electrons. The van der Waals surface area contributed by atoms with Crippen LogP contribution in [-0.2, 0) is 6.54 Å². The third-order valence-electron chi connectivity index (χ3n) is 4.88. The van der Waals surface area contributed by atoms with E-state index in [0.717, 1.165) is 22.8 Å². The lowest BCUT2D eigenvalue weighted by molar-refractivity contribution is 0.503. The van der Waals surface area contributed by atoms with Crippen LogP contribution in [0.4, 0.5) is 0 Å². The molecule has 2 aromatic heterocycles. The van der Waals surface area contributed by atoms with E-state index >= 15 is 0 Å². The van der Waals surface area contributed by atoms with Crippen molar-refractivity contribution in [1.82, 2.24) is 19.3 Å². The van der Waals surface area contributed by atoms with Crippen LogP contribution < -0.4 is 5.76 Å². The van der Waals surface area contributed by atoms with Gasteiger partial charge in [0.05, 0.1) is 5.52 Å². The minimum atomic E-state index is -0.275. The predicted molar refractivity (Wildman–Crippen MR) is 96.1 cm³/mol. The predicted octanol–water partition coefficient (Wildman–Crippen LogP) is 3.58. The fraction of sp³-hybridized carbons (Fsp3) is 0.500. The molecule has 0 atom stereocenters. The second kappa shape index (κ2) is 6.05. The number of benzene rings is 1. The Morgan fingerprint density at radius 3 is 2.80 bits per heavy atom. The maximum absolute atomic E-state index is 12.0. The average molecular weight is 356 g/mol. The molecular formula is C18H20N4O2S. The summed E-state index contributed by atoms with van der Waals surface area (Å²) < 4.78 is 9.38. The van der Waals surface area contributed by atoms with Crippen LogP contribution in [0.2, 0.25) is 0 Å². The fourth-order valence-electron chi connectivity index (χ4n) is 3.29. The van der Waals surface area contributed by atoms with Crippen molar-refractivity contribution in [2.75, 3.05) is 5.75 Å². The molecule has 0 saturated heterocycles. The molecule has 130 valence electrons. The van der Waals surface area contributed by atoms with Crippen LogP contribution in [0.25, 0.3) is 11.1 Å². The SMILES string of the molecule is O=c1oc2ccccc2n1CCCSc1nnc(C2CC2)n1C1CC1. The number of aryl methyl sites for hydroxylation is 1. The van der Waals surface area contributed by atoms with Crippen LogP contribution in [0, 0.1) is 0 Å². The Balaban J connectivity index is 1.25. The summed E-state index contributed by atoms with van der Waals surface area (Å²) in [5, 5.41) is 9.92. The Morgan fingerprint density at radius 1 is 1.16 bits per heavy atom. The molecule has 3 aromatic rings. The number of hydrogen-bond acceptors (Lipinski definition) is 5. The van der Waals surface area contributed by atoms with Crippen molar-refractivity contribution in [1.29, 1.82) is 0 Å². The zero-order valence-electron chi connectivity index (χ0n) is 13.9. The molecule has 0 N–H and O–H groups in total. The minimum Gasteiger partial charge on any atom is -0.408 e. The number of fused-ring (bicyclic) bond motifs is 1. The molecule has 2 fully saturated rings. The monoisotopic (exact) mass is 356 g/mol. The summed E-state index contributed by atoms with van der Waals surface area (Å²) in [6.45, 7) is 0.663. The van der Waals surface area contributed by atoms with Gasteiger partial charge in [0, 0.05) is 24.3 Å². The highest BCUT2D eigenvalue weighted by Gasteiger charge is 2.36. The van der Waals surface area contributed by atoms with Crippen LogP contribution in [0.5, 0.6) is 0 Å². The number of oxazole rings is 1. The second-order valence-electron chi connectivity index (χ2n) is 6.91. The smallest absolute Gasteiger partial charge is 0.408 e. The molecular weight excluding hydrogens is 336 g/mol. The molecule has 1 aromatic carbocycles. The Bertz CT molecular complexity index is 965. The van der Waals surface area contributed by atoms with Gasteiger partial charge in [0.1, 0.15) is 5.82 Å². The summed E-state index contributed by atoms with van der Waals surface area (Å²) in [5.41, 5.74) is 1.53. The van der Waals surface area contributed by atoms with Crippen LogP contribution in [0.3, 0.4) is 0 Å². The van der Waals surface area contributed by atoms with E-state index in [-0.39, 0.29) is 5.76 Å². The Hall–Kier alpha value is -2.02. The van der Waals surface area contributed by atoms with Crippen molar-refractivity contribution in [2.24, 2.45) is 0 Å². The van der Waals surface area contributed by atoms with E-state index in [1.807, 2.05) is 24.3 Å². The van der Waals surface area contributed by atoms with E-state index in [0.29, 0.717) is 24.1 Å². The van der Waals surface area contributed by atoms with Crippen molar-refractivity contribution in [3.8, 4) is 0 Å². The van der Waals surface area contributed by atoms with E-state index in [1.54, 1.807) is 16.3 Å². The van der Waals surface area contributed by atoms with Gasteiger partial charge in [-0.1, -0.05) is 23.9 Å². The number of aromatic nitrogens is 4. The van der Waals surface area contributed by atoms with Gasteiger partial charge in [0.2, 0.25) is 0 Å². The van der Waals surface area contributed by atoms with E-state index in [2.05, 4.69) is 14.8 Å². The first-order chi connectivity index (χ1) is 12.3. The molecule has 0 aliphatic heterocycles. The topological polar surface area (TPSA) is 65.8 Å². The number of hydrogen-bond donors (Lipinski definition) is 0. The van der Waals surface area contributed by atoms with Gasteiger partial charge in [-0.05, 0) is 44.2 Å². The fourth-order valence-corrected chi connectivity index (χ4v) is 4.23. The molecule has 2 heterocycles. The Morgan fingerprint density at radius 2 is 2.00 bits per heavy atom. The number of rotatable bonds is 7. The molecule has 6 nitrogen and oxygen atoms in total. The summed E-state index contributed by atoms with van der Waals surface area (Å²) in [5.74, 6) is 2.48. The summed E-state index contributed by atoms with van der Waals surface area (Å²) in [6, 6.07) is 8.19. The minimum absolute atomic E-state index is 0.275. The molecule has 0 bridgehead atoms. The molecule has 2 aliphatic rings. The largest absolute Gasteiger partial charge is 0.419 e. The van der Waals surface area contributed by atoms with E-state index in [9.17, 15) is 4.79 Å². The first kappa shape index (κ1) is 15.3. The van der Waals surface area contributed by atoms with Gasteiger partial charge in [0.15, 0.2) is 10.7 Å². The lowest BCUT2D eigenvalue weighted by atomic mass is 10.3. The standard InChI is InChI=1S/C18H20N4O2S/c23-18-21(14-4-1-2-5-15(14)24-18)10-3-11-25-17-20-19-16(12-6-7-12)22(17)13-8-9-13/h1-2,4-5,12-13H,3,6-11H2. The van der Waals surface area contributed by atoms with Crippen molar-refractivity contribution < 1.29 is 4.42 Å². The van der Waals surface area contributed by atoms with Gasteiger partial charge in [-0.25, -0.2) is 4.79 Å². The normalized spacial score (nSPS) is 17.4. The number of para-hydroxylation sites is 2. The molecule has 0 unspecified atom stereocenters. The third kappa shape index (κ3) is 2.90. The van der Waals surface area contributed by atoms with Crippen LogP contribution in [0.1, 0.15) is 49.9 Å². The van der Waals surface area contributed by atoms with Gasteiger partial charge < -0.3 is 8.98 Å². The quantitative estimate of drug-likeness (QED) is 0.478. The maximum atomic E-state index is 12.0. The highest BCUT2D eigenvalue weighted by molar-refractivity contribution is 7.99. The van der Waals surface area contributed by atoms with E-state index in [1.165, 1.54) is 31.5 Å². The lowest BCUT2D eigenvalue weighted by Crippen LogP contribution is -2.14. The molecule has 5 rings (SSSR count). The molecule has 0 amide bonds.